The Bertz CT molecular complexity index is 2040. The van der Waals surface area contributed by atoms with Crippen molar-refractivity contribution in [3.63, 3.8) is 0 Å². The van der Waals surface area contributed by atoms with Gasteiger partial charge < -0.3 is 21.3 Å². The van der Waals surface area contributed by atoms with Crippen LogP contribution in [0.4, 0.5) is 61.3 Å². The summed E-state index contributed by atoms with van der Waals surface area (Å²) in [4.78, 5) is 34.7. The lowest BCUT2D eigenvalue weighted by Crippen LogP contribution is -2.28. The molecule has 1 aliphatic rings. The van der Waals surface area contributed by atoms with Crippen molar-refractivity contribution in [3.8, 4) is 0 Å². The zero-order valence-corrected chi connectivity index (χ0v) is 28.9. The summed E-state index contributed by atoms with van der Waals surface area (Å²) < 4.78 is 12.7. The van der Waals surface area contributed by atoms with Crippen LogP contribution < -0.4 is 21.3 Å². The number of aryl methyl sites for hydroxylation is 1. The minimum Gasteiger partial charge on any atom is -0.397 e. The van der Waals surface area contributed by atoms with Crippen LogP contribution in [-0.2, 0) is 6.42 Å². The molecule has 0 saturated carbocycles. The highest BCUT2D eigenvalue weighted by molar-refractivity contribution is 5.72. The number of anilines is 4. The van der Waals surface area contributed by atoms with Crippen LogP contribution >= 0.6 is 0 Å². The van der Waals surface area contributed by atoms with Crippen molar-refractivity contribution in [1.29, 1.82) is 0 Å². The minimum absolute atomic E-state index is 0.000694. The number of rotatable bonds is 7. The molecular weight excluding hydrogens is 667 g/mol. The van der Waals surface area contributed by atoms with Gasteiger partial charge in [-0.2, -0.15) is 0 Å². The van der Waals surface area contributed by atoms with Gasteiger partial charge in [0.15, 0.2) is 28.6 Å². The normalized spacial score (nSPS) is 10.6. The molecule has 1 heterocycles. The zero-order valence-electron chi connectivity index (χ0n) is 28.9. The van der Waals surface area contributed by atoms with Gasteiger partial charge in [-0.3, -0.25) is 20.2 Å². The molecule has 0 atom stereocenters. The van der Waals surface area contributed by atoms with Crippen molar-refractivity contribution in [2.24, 2.45) is 0 Å². The van der Waals surface area contributed by atoms with Gasteiger partial charge in [0.2, 0.25) is 0 Å². The standard InChI is InChI=1S/C12H14N2.C9H9N3O2.C9H11N3.C7H3FN2O2/c1-3-14-8-4-5-10-6-7-11(13-2)9-12(10)14;1-3-11-8-6-7(10-2)4-5-9(8)12(13)14;1-3-12-9-6-7(11-2)4-5-8(9)10;1-9-5-2-3-7(10(11)12)6(8)4-5/h6-7,9H,3-5,8H2,1H3;4-6,11H,3H2,1H3;4-6,12H,3,10H2,1H3;2-4H. The number of nitrogens with one attached hydrogen (secondary N) is 2. The number of benzene rings is 4. The summed E-state index contributed by atoms with van der Waals surface area (Å²) >= 11 is 0. The third-order valence-corrected chi connectivity index (χ3v) is 7.26. The van der Waals surface area contributed by atoms with Crippen molar-refractivity contribution in [1.82, 2.24) is 0 Å². The smallest absolute Gasteiger partial charge is 0.302 e. The second-order valence-electron chi connectivity index (χ2n) is 10.6. The van der Waals surface area contributed by atoms with E-state index in [1.54, 1.807) is 18.2 Å². The molecule has 0 saturated heterocycles. The van der Waals surface area contributed by atoms with Crippen LogP contribution in [0.15, 0.2) is 72.8 Å². The number of nitrogens with two attached hydrogens (primary N) is 1. The Morgan fingerprint density at radius 2 is 1.21 bits per heavy atom. The van der Waals surface area contributed by atoms with Gasteiger partial charge in [-0.25, -0.2) is 23.8 Å². The first-order chi connectivity index (χ1) is 25.0. The molecule has 1 aliphatic heterocycles. The number of hydrogen-bond donors (Lipinski definition) is 3. The molecule has 5 rings (SSSR count). The maximum Gasteiger partial charge on any atom is 0.302 e. The number of fused-ring (bicyclic) bond motifs is 1. The van der Waals surface area contributed by atoms with Gasteiger partial charge >= 0.3 is 5.69 Å². The second-order valence-corrected chi connectivity index (χ2v) is 10.6. The third-order valence-electron chi connectivity index (χ3n) is 7.26. The van der Waals surface area contributed by atoms with Gasteiger partial charge in [0.25, 0.3) is 5.69 Å². The number of nitro groups is 2. The molecule has 0 amide bonds. The average molecular weight is 705 g/mol. The Labute approximate surface area is 301 Å². The fourth-order valence-corrected chi connectivity index (χ4v) is 4.79. The van der Waals surface area contributed by atoms with E-state index in [-0.39, 0.29) is 11.4 Å². The summed E-state index contributed by atoms with van der Waals surface area (Å²) in [6.45, 7) is 36.6. The monoisotopic (exact) mass is 704 g/mol. The first kappa shape index (κ1) is 40.9. The van der Waals surface area contributed by atoms with E-state index in [4.69, 9.17) is 32.0 Å². The molecule has 0 fully saturated rings. The summed E-state index contributed by atoms with van der Waals surface area (Å²) in [6, 6.07) is 18.5. The average Bonchev–Trinajstić information content (AvgIpc) is 3.15. The Morgan fingerprint density at radius 3 is 1.73 bits per heavy atom. The fourth-order valence-electron chi connectivity index (χ4n) is 4.79. The highest BCUT2D eigenvalue weighted by Crippen LogP contribution is 2.31. The van der Waals surface area contributed by atoms with Crippen LogP contribution in [0.3, 0.4) is 0 Å². The molecule has 4 aromatic rings. The maximum atomic E-state index is 12.7. The summed E-state index contributed by atoms with van der Waals surface area (Å²) in [5.41, 5.74) is 11.5. The number of nitro benzene ring substituents is 2. The molecule has 4 aromatic carbocycles. The van der Waals surface area contributed by atoms with E-state index in [1.165, 1.54) is 41.9 Å². The van der Waals surface area contributed by atoms with Crippen LogP contribution in [0.2, 0.25) is 0 Å². The molecule has 52 heavy (non-hydrogen) atoms. The molecule has 14 nitrogen and oxygen atoms in total. The van der Waals surface area contributed by atoms with Crippen molar-refractivity contribution in [3.05, 3.63) is 150 Å². The van der Waals surface area contributed by atoms with Gasteiger partial charge in [0.1, 0.15) is 5.69 Å². The lowest BCUT2D eigenvalue weighted by atomic mass is 10.0. The molecular formula is C37H37FN10O4. The number of nitrogens with zero attached hydrogens (tertiary/aromatic N) is 7. The first-order valence-corrected chi connectivity index (χ1v) is 15.9. The SMILES string of the molecule is [C-]#[N+]c1ccc(N)c(NCC)c1.[C-]#[N+]c1ccc([N+](=O)[O-])c(F)c1.[C-]#[N+]c1ccc([N+](=O)[O-])c(NCC)c1.[C-]#[N+]c1ccc2c(c1)N(CC)CCC2. The van der Waals surface area contributed by atoms with Gasteiger partial charge in [-0.15, -0.1) is 0 Å². The largest absolute Gasteiger partial charge is 0.397 e. The molecule has 266 valence electrons. The van der Waals surface area contributed by atoms with Gasteiger partial charge in [0.05, 0.1) is 41.8 Å². The molecule has 0 spiro atoms. The molecule has 0 aliphatic carbocycles. The molecule has 4 N–H and O–H groups in total. The van der Waals surface area contributed by atoms with E-state index in [2.05, 4.69) is 47.9 Å². The quantitative estimate of drug-likeness (QED) is 0.0742. The Balaban J connectivity index is 0.000000241. The Hall–Kier alpha value is -7.23. The number of hydrogen-bond acceptors (Lipinski definition) is 8. The Morgan fingerprint density at radius 1 is 0.731 bits per heavy atom. The van der Waals surface area contributed by atoms with E-state index >= 15 is 0 Å². The van der Waals surface area contributed by atoms with Crippen molar-refractivity contribution in [2.75, 3.05) is 47.4 Å². The van der Waals surface area contributed by atoms with Gasteiger partial charge in [-0.05, 0) is 81.6 Å². The van der Waals surface area contributed by atoms with E-state index in [1.807, 2.05) is 26.0 Å². The summed E-state index contributed by atoms with van der Waals surface area (Å²) in [6.07, 6.45) is 2.39. The highest BCUT2D eigenvalue weighted by Gasteiger charge is 2.16. The first-order valence-electron chi connectivity index (χ1n) is 15.9. The third kappa shape index (κ3) is 12.0. The van der Waals surface area contributed by atoms with Crippen LogP contribution in [0.25, 0.3) is 19.4 Å². The van der Waals surface area contributed by atoms with Crippen molar-refractivity contribution in [2.45, 2.75) is 33.6 Å². The predicted molar refractivity (Wildman–Crippen MR) is 203 cm³/mol. The summed E-state index contributed by atoms with van der Waals surface area (Å²) in [5.74, 6) is -0.978. The van der Waals surface area contributed by atoms with Crippen LogP contribution in [-0.4, -0.2) is 36.0 Å². The van der Waals surface area contributed by atoms with E-state index < -0.39 is 21.4 Å². The summed E-state index contributed by atoms with van der Waals surface area (Å²) in [7, 11) is 0. The molecule has 0 radical (unpaired) electrons. The maximum absolute atomic E-state index is 12.7. The van der Waals surface area contributed by atoms with Crippen LogP contribution in [0.5, 0.6) is 0 Å². The second kappa shape index (κ2) is 21.0. The van der Waals surface area contributed by atoms with E-state index in [0.29, 0.717) is 29.3 Å². The number of halogens is 1. The predicted octanol–water partition coefficient (Wildman–Crippen LogP) is 10.1. The van der Waals surface area contributed by atoms with E-state index in [9.17, 15) is 24.6 Å². The van der Waals surface area contributed by atoms with Crippen LogP contribution in [0, 0.1) is 52.3 Å². The molecule has 0 unspecified atom stereocenters. The minimum atomic E-state index is -0.978. The van der Waals surface area contributed by atoms with Crippen LogP contribution in [0.1, 0.15) is 32.8 Å². The van der Waals surface area contributed by atoms with Gasteiger partial charge in [-0.1, -0.05) is 18.2 Å². The van der Waals surface area contributed by atoms with E-state index in [0.717, 1.165) is 49.6 Å². The molecule has 0 bridgehead atoms. The van der Waals surface area contributed by atoms with Crippen molar-refractivity contribution < 1.29 is 14.2 Å². The Kier molecular flexibility index (Phi) is 16.5. The lowest BCUT2D eigenvalue weighted by Gasteiger charge is -2.30. The number of nitrogen functional groups attached to an aromatic ring is 1. The van der Waals surface area contributed by atoms with Crippen molar-refractivity contribution >= 4 is 56.9 Å². The highest BCUT2D eigenvalue weighted by atomic mass is 19.1. The zero-order chi connectivity index (χ0) is 38.6. The lowest BCUT2D eigenvalue weighted by molar-refractivity contribution is -0.387. The topological polar surface area (TPSA) is 157 Å². The van der Waals surface area contributed by atoms with Gasteiger partial charge in [0, 0.05) is 49.7 Å². The summed E-state index contributed by atoms with van der Waals surface area (Å²) in [5, 5.41) is 26.6. The molecule has 0 aromatic heterocycles. The molecule has 15 heteroatoms. The fraction of sp³-hybridized carbons (Fsp3) is 0.243.